The number of nitrogens with one attached hydrogen (secondary N) is 1. The van der Waals surface area contributed by atoms with Gasteiger partial charge in [-0.05, 0) is 59.4 Å². The minimum atomic E-state index is -1.05. The van der Waals surface area contributed by atoms with E-state index in [0.29, 0.717) is 32.8 Å². The molecule has 0 radical (unpaired) electrons. The molecule has 152 valence electrons. The fourth-order valence-corrected chi connectivity index (χ4v) is 3.26. The molecule has 0 saturated carbocycles. The summed E-state index contributed by atoms with van der Waals surface area (Å²) in [5, 5.41) is 20.3. The third-order valence-electron chi connectivity index (χ3n) is 3.75. The molecule has 0 spiro atoms. The summed E-state index contributed by atoms with van der Waals surface area (Å²) in [6.07, 6.45) is 1.32. The molecule has 0 atom stereocenters. The first-order chi connectivity index (χ1) is 14.4. The van der Waals surface area contributed by atoms with Crippen molar-refractivity contribution in [1.29, 1.82) is 10.5 Å². The number of primary amides is 1. The number of rotatable bonds is 7. The van der Waals surface area contributed by atoms with E-state index in [4.69, 9.17) is 15.2 Å². The van der Waals surface area contributed by atoms with Gasteiger partial charge in [0, 0.05) is 5.56 Å². The maximum absolute atomic E-state index is 11.9. The lowest BCUT2D eigenvalue weighted by Crippen LogP contribution is -2.35. The van der Waals surface area contributed by atoms with E-state index in [2.05, 4.69) is 28.7 Å². The monoisotopic (exact) mass is 516 g/mol. The molecule has 30 heavy (non-hydrogen) atoms. The normalized spacial score (nSPS) is 10.5. The van der Waals surface area contributed by atoms with E-state index in [-0.39, 0.29) is 12.2 Å². The first kappa shape index (κ1) is 22.7. The molecule has 0 unspecified atom stereocenters. The quantitative estimate of drug-likeness (QED) is 0.329. The average molecular weight is 516 g/mol. The summed E-state index contributed by atoms with van der Waals surface area (Å²) in [6.45, 7) is 2.34. The van der Waals surface area contributed by atoms with Crippen LogP contribution < -0.4 is 20.5 Å². The van der Waals surface area contributed by atoms with Gasteiger partial charge >= 0.3 is 6.03 Å². The van der Waals surface area contributed by atoms with Gasteiger partial charge in [-0.3, -0.25) is 10.1 Å². The van der Waals surface area contributed by atoms with E-state index in [1.165, 1.54) is 6.08 Å². The van der Waals surface area contributed by atoms with Crippen LogP contribution in [0, 0.1) is 26.2 Å². The van der Waals surface area contributed by atoms with Gasteiger partial charge in [-0.25, -0.2) is 4.79 Å². The van der Waals surface area contributed by atoms with Crippen molar-refractivity contribution in [2.45, 2.75) is 13.5 Å². The number of nitrogens with zero attached hydrogens (tertiary/aromatic N) is 2. The molecular weight excluding hydrogens is 499 g/mol. The van der Waals surface area contributed by atoms with Crippen molar-refractivity contribution in [2.24, 2.45) is 5.73 Å². The number of urea groups is 1. The van der Waals surface area contributed by atoms with Gasteiger partial charge in [0.25, 0.3) is 5.91 Å². The number of amides is 3. The van der Waals surface area contributed by atoms with E-state index < -0.39 is 11.9 Å². The number of hydrogen-bond acceptors (Lipinski definition) is 6. The Kier molecular flexibility index (Phi) is 8.20. The van der Waals surface area contributed by atoms with Crippen LogP contribution in [0.4, 0.5) is 4.79 Å². The van der Waals surface area contributed by atoms with Gasteiger partial charge in [-0.15, -0.1) is 0 Å². The summed E-state index contributed by atoms with van der Waals surface area (Å²) in [7, 11) is 0. The summed E-state index contributed by atoms with van der Waals surface area (Å²) in [5.41, 5.74) is 6.39. The number of ether oxygens (including phenoxy) is 2. The second-order valence-corrected chi connectivity index (χ2v) is 6.97. The largest absolute Gasteiger partial charge is 0.490 e. The highest BCUT2D eigenvalue weighted by Crippen LogP contribution is 2.35. The molecule has 8 nitrogen and oxygen atoms in total. The van der Waals surface area contributed by atoms with Crippen LogP contribution in [0.5, 0.6) is 11.5 Å². The van der Waals surface area contributed by atoms with Crippen LogP contribution in [0.3, 0.4) is 0 Å². The molecular formula is C21H17IN4O4. The summed E-state index contributed by atoms with van der Waals surface area (Å²) in [6, 6.07) is 13.2. The predicted molar refractivity (Wildman–Crippen MR) is 117 cm³/mol. The zero-order valence-electron chi connectivity index (χ0n) is 15.9. The molecule has 0 aliphatic carbocycles. The number of carbonyl (C=O) groups is 2. The topological polar surface area (TPSA) is 138 Å². The SMILES string of the molecule is CCOc1cc(/C=C(/C#N)C(=O)NC(N)=O)cc(I)c1OCc1ccccc1C#N. The van der Waals surface area contributed by atoms with Crippen LogP contribution in [0.2, 0.25) is 0 Å². The predicted octanol–water partition coefficient (Wildman–Crippen LogP) is 3.24. The van der Waals surface area contributed by atoms with Crippen LogP contribution in [0.1, 0.15) is 23.6 Å². The minimum absolute atomic E-state index is 0.166. The van der Waals surface area contributed by atoms with Crippen molar-refractivity contribution in [2.75, 3.05) is 6.61 Å². The molecule has 2 aromatic rings. The first-order valence-electron chi connectivity index (χ1n) is 8.69. The lowest BCUT2D eigenvalue weighted by molar-refractivity contribution is -0.115. The molecule has 3 N–H and O–H groups in total. The Morgan fingerprint density at radius 2 is 1.97 bits per heavy atom. The number of hydrogen-bond donors (Lipinski definition) is 2. The Labute approximate surface area is 187 Å². The number of imide groups is 1. The highest BCUT2D eigenvalue weighted by atomic mass is 127. The van der Waals surface area contributed by atoms with Crippen molar-refractivity contribution in [1.82, 2.24) is 5.32 Å². The molecule has 0 heterocycles. The number of carbonyl (C=O) groups excluding carboxylic acids is 2. The molecule has 9 heteroatoms. The van der Waals surface area contributed by atoms with Gasteiger partial charge in [0.05, 0.1) is 21.8 Å². The Morgan fingerprint density at radius 1 is 1.23 bits per heavy atom. The van der Waals surface area contributed by atoms with Crippen LogP contribution in [0.15, 0.2) is 42.0 Å². The molecule has 0 aliphatic rings. The lowest BCUT2D eigenvalue weighted by Gasteiger charge is -2.15. The molecule has 0 fully saturated rings. The van der Waals surface area contributed by atoms with Gasteiger partial charge in [-0.2, -0.15) is 10.5 Å². The van der Waals surface area contributed by atoms with E-state index in [1.807, 2.05) is 18.3 Å². The zero-order valence-corrected chi connectivity index (χ0v) is 18.1. The Balaban J connectivity index is 2.37. The zero-order chi connectivity index (χ0) is 22.1. The fraction of sp³-hybridized carbons (Fsp3) is 0.143. The standard InChI is InChI=1S/C21H17IN4O4/c1-2-29-18-9-13(7-16(11-24)20(27)26-21(25)28)8-17(22)19(18)30-12-15-6-4-3-5-14(15)10-23/h3-9H,2,12H2,1H3,(H3,25,26,27,28)/b16-7-. The van der Waals surface area contributed by atoms with Crippen LogP contribution in [-0.4, -0.2) is 18.5 Å². The third kappa shape index (κ3) is 5.96. The summed E-state index contributed by atoms with van der Waals surface area (Å²) in [5.74, 6) is -0.00784. The Hall–Kier alpha value is -3.57. The molecule has 0 aliphatic heterocycles. The third-order valence-corrected chi connectivity index (χ3v) is 4.56. The Bertz CT molecular complexity index is 1080. The van der Waals surface area contributed by atoms with E-state index in [0.717, 1.165) is 5.56 Å². The fourth-order valence-electron chi connectivity index (χ4n) is 2.47. The highest BCUT2D eigenvalue weighted by molar-refractivity contribution is 14.1. The maximum Gasteiger partial charge on any atom is 0.319 e. The molecule has 0 aromatic heterocycles. The molecule has 2 rings (SSSR count). The summed E-state index contributed by atoms with van der Waals surface area (Å²) >= 11 is 2.05. The highest BCUT2D eigenvalue weighted by Gasteiger charge is 2.15. The van der Waals surface area contributed by atoms with Gasteiger partial charge < -0.3 is 15.2 Å². The smallest absolute Gasteiger partial charge is 0.319 e. The van der Waals surface area contributed by atoms with Gasteiger partial charge in [0.15, 0.2) is 11.5 Å². The van der Waals surface area contributed by atoms with Crippen LogP contribution in [-0.2, 0) is 11.4 Å². The van der Waals surface area contributed by atoms with Crippen molar-refractivity contribution < 1.29 is 19.1 Å². The average Bonchev–Trinajstić information content (AvgIpc) is 2.71. The van der Waals surface area contributed by atoms with Crippen molar-refractivity contribution >= 4 is 40.6 Å². The van der Waals surface area contributed by atoms with Crippen molar-refractivity contribution in [3.05, 3.63) is 62.2 Å². The minimum Gasteiger partial charge on any atom is -0.490 e. The second-order valence-electron chi connectivity index (χ2n) is 5.81. The maximum atomic E-state index is 11.9. The number of nitriles is 2. The second kappa shape index (κ2) is 10.8. The van der Waals surface area contributed by atoms with Crippen molar-refractivity contribution in [3.63, 3.8) is 0 Å². The van der Waals surface area contributed by atoms with Gasteiger partial charge in [0.1, 0.15) is 18.2 Å². The van der Waals surface area contributed by atoms with Crippen LogP contribution in [0.25, 0.3) is 6.08 Å². The van der Waals surface area contributed by atoms with E-state index in [9.17, 15) is 20.1 Å². The molecule has 3 amide bonds. The molecule has 0 bridgehead atoms. The number of halogens is 1. The lowest BCUT2D eigenvalue weighted by atomic mass is 10.1. The van der Waals surface area contributed by atoms with Crippen LogP contribution >= 0.6 is 22.6 Å². The first-order valence-corrected chi connectivity index (χ1v) is 9.77. The summed E-state index contributed by atoms with van der Waals surface area (Å²) in [4.78, 5) is 22.7. The van der Waals surface area contributed by atoms with Gasteiger partial charge in [-0.1, -0.05) is 18.2 Å². The van der Waals surface area contributed by atoms with Gasteiger partial charge in [0.2, 0.25) is 0 Å². The molecule has 0 saturated heterocycles. The number of benzene rings is 2. The van der Waals surface area contributed by atoms with E-state index in [1.54, 1.807) is 36.4 Å². The van der Waals surface area contributed by atoms with E-state index >= 15 is 0 Å². The Morgan fingerprint density at radius 3 is 2.60 bits per heavy atom. The molecule has 2 aromatic carbocycles. The number of nitrogens with two attached hydrogens (primary N) is 1. The summed E-state index contributed by atoms with van der Waals surface area (Å²) < 4.78 is 12.3. The van der Waals surface area contributed by atoms with Crippen molar-refractivity contribution in [3.8, 4) is 23.6 Å².